The Bertz CT molecular complexity index is 1430. The van der Waals surface area contributed by atoms with Gasteiger partial charge in [-0.15, -0.1) is 0 Å². The molecule has 248 valence electrons. The zero-order valence-electron chi connectivity index (χ0n) is 26.5. The lowest BCUT2D eigenvalue weighted by atomic mass is 9.81. The number of rotatable bonds is 7. The number of quaternary nitrogens is 1. The van der Waals surface area contributed by atoms with Gasteiger partial charge in [-0.3, -0.25) is 14.3 Å². The van der Waals surface area contributed by atoms with E-state index in [1.54, 1.807) is 0 Å². The number of piperidine rings is 2. The summed E-state index contributed by atoms with van der Waals surface area (Å²) < 4.78 is 1.32. The quantitative estimate of drug-likeness (QED) is 0.335. The standard InChI is InChI=1S/C34H44Br2N6O4/c1-38-14-16-39(17-15-38)29-7-11-40(12-8-29)34(10-19-43)23-30(41-13-6-26-4-2-3-5-31(26)37-32(41)44)9-18-42(34,33(45)46)24-25-20-27(35)22-28(36)21-25/h2-5,19-22,29-30H,6-18,23-24H2,1H3,(H-,37,44,45,46)/t30?,34?,42-/m0/s1. The van der Waals surface area contributed by atoms with Gasteiger partial charge < -0.3 is 29.8 Å². The molecule has 10 nitrogen and oxygen atoms in total. The van der Waals surface area contributed by atoms with Crippen LogP contribution in [0.2, 0.25) is 0 Å². The van der Waals surface area contributed by atoms with Crippen LogP contribution in [-0.4, -0.2) is 120 Å². The molecule has 3 atom stereocenters. The molecule has 3 saturated heterocycles. The largest absolute Gasteiger partial charge is 0.498 e. The number of carboxylic acid groups (broad SMARTS) is 1. The number of carbonyl (C=O) groups excluding carboxylic acids is 3. The number of nitrogens with zero attached hydrogens (tertiary/aromatic N) is 5. The Labute approximate surface area is 288 Å². The van der Waals surface area contributed by atoms with Crippen LogP contribution in [0, 0.1) is 0 Å². The SMILES string of the molecule is CN1CCN(C2CCN(C3(CC=O)CC(N4CCc5ccccc5NC4=O)CC[N@+]3(Cc3cc(Br)cc(Br)c3)C(=O)[O-])CC2)CC1. The molecular formula is C34H44Br2N6O4. The van der Waals surface area contributed by atoms with Gasteiger partial charge in [0.1, 0.15) is 12.8 Å². The average molecular weight is 761 g/mol. The lowest BCUT2D eigenvalue weighted by Crippen LogP contribution is -2.80. The number of likely N-dealkylation sites (tertiary alicyclic amines) is 2. The Morgan fingerprint density at radius 3 is 2.37 bits per heavy atom. The Kier molecular flexibility index (Phi) is 10.2. The van der Waals surface area contributed by atoms with Gasteiger partial charge in [0.25, 0.3) is 6.09 Å². The second-order valence-corrected chi connectivity index (χ2v) is 15.3. The molecule has 2 aromatic rings. The number of anilines is 1. The predicted octanol–water partition coefficient (Wildman–Crippen LogP) is 4.12. The van der Waals surface area contributed by atoms with E-state index in [1.165, 1.54) is 0 Å². The highest BCUT2D eigenvalue weighted by molar-refractivity contribution is 9.11. The summed E-state index contributed by atoms with van der Waals surface area (Å²) in [5, 5.41) is 16.8. The third-order valence-electron chi connectivity index (χ3n) is 11.0. The highest BCUT2D eigenvalue weighted by Gasteiger charge is 2.61. The fraction of sp³-hybridized carbons (Fsp3) is 0.559. The molecule has 4 heterocycles. The van der Waals surface area contributed by atoms with E-state index in [2.05, 4.69) is 58.9 Å². The van der Waals surface area contributed by atoms with E-state index in [0.717, 1.165) is 71.1 Å². The van der Waals surface area contributed by atoms with Crippen molar-refractivity contribution in [3.8, 4) is 0 Å². The highest BCUT2D eigenvalue weighted by atomic mass is 79.9. The van der Waals surface area contributed by atoms with E-state index >= 15 is 0 Å². The third-order valence-corrected chi connectivity index (χ3v) is 11.9. The van der Waals surface area contributed by atoms with E-state index < -0.39 is 11.8 Å². The number of carbonyl (C=O) groups is 3. The maximum atomic E-state index is 13.7. The first-order valence-corrected chi connectivity index (χ1v) is 18.0. The monoisotopic (exact) mass is 758 g/mol. The van der Waals surface area contributed by atoms with Crippen molar-refractivity contribution in [3.63, 3.8) is 0 Å². The number of hydrogen-bond acceptors (Lipinski definition) is 7. The van der Waals surface area contributed by atoms with Crippen molar-refractivity contribution >= 4 is 56.0 Å². The molecular weight excluding hydrogens is 716 g/mol. The van der Waals surface area contributed by atoms with Gasteiger partial charge >= 0.3 is 6.03 Å². The first kappa shape index (κ1) is 33.5. The van der Waals surface area contributed by atoms with Crippen molar-refractivity contribution in [2.45, 2.75) is 62.8 Å². The van der Waals surface area contributed by atoms with Gasteiger partial charge in [0, 0.05) is 90.9 Å². The van der Waals surface area contributed by atoms with Gasteiger partial charge in [0.2, 0.25) is 0 Å². The summed E-state index contributed by atoms with van der Waals surface area (Å²) >= 11 is 7.16. The molecule has 12 heteroatoms. The summed E-state index contributed by atoms with van der Waals surface area (Å²) in [5.74, 6) is 0. The first-order valence-electron chi connectivity index (χ1n) is 16.4. The number of benzene rings is 2. The van der Waals surface area contributed by atoms with Gasteiger partial charge in [-0.25, -0.2) is 4.79 Å². The summed E-state index contributed by atoms with van der Waals surface area (Å²) in [7, 11) is 2.16. The molecule has 4 aliphatic rings. The van der Waals surface area contributed by atoms with Crippen LogP contribution in [0.5, 0.6) is 0 Å². The van der Waals surface area contributed by atoms with Crippen molar-refractivity contribution in [1.29, 1.82) is 0 Å². The van der Waals surface area contributed by atoms with Crippen LogP contribution in [0.4, 0.5) is 15.3 Å². The fourth-order valence-corrected chi connectivity index (χ4v) is 9.94. The molecule has 2 unspecified atom stereocenters. The molecule has 0 bridgehead atoms. The lowest BCUT2D eigenvalue weighted by molar-refractivity contribution is -0.956. The second kappa shape index (κ2) is 14.0. The summed E-state index contributed by atoms with van der Waals surface area (Å²) in [6.07, 6.45) is 3.14. The normalized spacial score (nSPS) is 28.7. The summed E-state index contributed by atoms with van der Waals surface area (Å²) in [4.78, 5) is 49.2. The van der Waals surface area contributed by atoms with Crippen LogP contribution in [0.15, 0.2) is 51.4 Å². The zero-order valence-corrected chi connectivity index (χ0v) is 29.7. The van der Waals surface area contributed by atoms with Crippen molar-refractivity contribution in [3.05, 3.63) is 62.5 Å². The Hall–Kier alpha value is -2.35. The van der Waals surface area contributed by atoms with Crippen molar-refractivity contribution in [2.24, 2.45) is 0 Å². The number of urea groups is 1. The lowest BCUT2D eigenvalue weighted by Gasteiger charge is -2.62. The van der Waals surface area contributed by atoms with Gasteiger partial charge in [0.05, 0.1) is 13.0 Å². The Morgan fingerprint density at radius 2 is 1.70 bits per heavy atom. The molecule has 3 fully saturated rings. The molecule has 0 aromatic heterocycles. The second-order valence-electron chi connectivity index (χ2n) is 13.5. The van der Waals surface area contributed by atoms with Crippen molar-refractivity contribution < 1.29 is 24.0 Å². The van der Waals surface area contributed by atoms with Gasteiger partial charge in [-0.1, -0.05) is 50.1 Å². The van der Waals surface area contributed by atoms with Gasteiger partial charge in [0.15, 0.2) is 5.66 Å². The van der Waals surface area contributed by atoms with Gasteiger partial charge in [-0.05, 0) is 56.1 Å². The van der Waals surface area contributed by atoms with Crippen LogP contribution in [0.3, 0.4) is 0 Å². The average Bonchev–Trinajstić information content (AvgIpc) is 3.20. The Balaban J connectivity index is 1.35. The summed E-state index contributed by atoms with van der Waals surface area (Å²) in [6, 6.07) is 13.7. The van der Waals surface area contributed by atoms with Crippen LogP contribution in [0.1, 0.15) is 43.2 Å². The minimum atomic E-state index is -1.18. The highest BCUT2D eigenvalue weighted by Crippen LogP contribution is 2.46. The molecule has 0 spiro atoms. The summed E-state index contributed by atoms with van der Waals surface area (Å²) in [6.45, 7) is 6.49. The number of hydrogen-bond donors (Lipinski definition) is 1. The number of fused-ring (bicyclic) bond motifs is 1. The molecule has 0 radical (unpaired) electrons. The molecule has 6 rings (SSSR count). The third kappa shape index (κ3) is 6.53. The topological polar surface area (TPSA) is 99.3 Å². The molecule has 4 aliphatic heterocycles. The minimum Gasteiger partial charge on any atom is -0.498 e. The molecule has 0 aliphatic carbocycles. The van der Waals surface area contributed by atoms with E-state index in [0.29, 0.717) is 44.9 Å². The maximum absolute atomic E-state index is 13.7. The van der Waals surface area contributed by atoms with Crippen LogP contribution in [-0.2, 0) is 17.8 Å². The number of amides is 3. The van der Waals surface area contributed by atoms with E-state index in [-0.39, 0.29) is 36.1 Å². The summed E-state index contributed by atoms with van der Waals surface area (Å²) in [5.41, 5.74) is 1.66. The number of para-hydroxylation sites is 1. The van der Waals surface area contributed by atoms with E-state index in [1.807, 2.05) is 47.4 Å². The predicted molar refractivity (Wildman–Crippen MR) is 182 cm³/mol. The zero-order chi connectivity index (χ0) is 32.5. The van der Waals surface area contributed by atoms with Crippen LogP contribution >= 0.6 is 31.9 Å². The molecule has 46 heavy (non-hydrogen) atoms. The molecule has 1 N–H and O–H groups in total. The van der Waals surface area contributed by atoms with E-state index in [4.69, 9.17) is 0 Å². The van der Waals surface area contributed by atoms with Crippen LogP contribution in [0.25, 0.3) is 0 Å². The van der Waals surface area contributed by atoms with E-state index in [9.17, 15) is 19.5 Å². The molecule has 3 amide bonds. The number of likely N-dealkylation sites (N-methyl/N-ethyl adjacent to an activating group) is 1. The Morgan fingerprint density at radius 1 is 1.00 bits per heavy atom. The number of aldehydes is 1. The first-order chi connectivity index (χ1) is 22.1. The smallest absolute Gasteiger partial charge is 0.322 e. The molecule has 2 aromatic carbocycles. The molecule has 0 saturated carbocycles. The van der Waals surface area contributed by atoms with Crippen molar-refractivity contribution in [2.75, 3.05) is 64.7 Å². The van der Waals surface area contributed by atoms with Gasteiger partial charge in [-0.2, -0.15) is 0 Å². The minimum absolute atomic E-state index is 0.0432. The number of halogens is 2. The number of piperazine rings is 1. The van der Waals surface area contributed by atoms with Crippen molar-refractivity contribution in [1.82, 2.24) is 19.6 Å². The maximum Gasteiger partial charge on any atom is 0.322 e. The number of nitrogens with one attached hydrogen (secondary N) is 1. The fourth-order valence-electron chi connectivity index (χ4n) is 8.56. The van der Waals surface area contributed by atoms with Crippen LogP contribution < -0.4 is 10.4 Å².